The molecule has 0 atom stereocenters. The van der Waals surface area contributed by atoms with Crippen molar-refractivity contribution in [2.45, 2.75) is 23.9 Å². The predicted molar refractivity (Wildman–Crippen MR) is 126 cm³/mol. The van der Waals surface area contributed by atoms with Crippen LogP contribution in [0.1, 0.15) is 27.3 Å². The number of carbonyl (C=O) groups is 1. The van der Waals surface area contributed by atoms with Crippen molar-refractivity contribution < 1.29 is 4.79 Å². The molecule has 6 nitrogen and oxygen atoms in total. The van der Waals surface area contributed by atoms with Crippen molar-refractivity contribution >= 4 is 34.1 Å². The van der Waals surface area contributed by atoms with E-state index in [4.69, 9.17) is 0 Å². The van der Waals surface area contributed by atoms with E-state index in [1.165, 1.54) is 16.9 Å². The summed E-state index contributed by atoms with van der Waals surface area (Å²) >= 11 is 3.02. The van der Waals surface area contributed by atoms with E-state index in [1.807, 2.05) is 53.9 Å². The van der Waals surface area contributed by atoms with Gasteiger partial charge in [-0.25, -0.2) is 4.98 Å². The Labute approximate surface area is 189 Å². The summed E-state index contributed by atoms with van der Waals surface area (Å²) in [4.78, 5) is 16.4. The van der Waals surface area contributed by atoms with Crippen molar-refractivity contribution in [2.75, 3.05) is 5.32 Å². The van der Waals surface area contributed by atoms with Crippen LogP contribution in [0.4, 0.5) is 5.13 Å². The summed E-state index contributed by atoms with van der Waals surface area (Å²) in [6, 6.07) is 17.8. The Morgan fingerprint density at radius 1 is 1.10 bits per heavy atom. The number of allylic oxidation sites excluding steroid dienone is 1. The number of benzene rings is 2. The second-order valence-electron chi connectivity index (χ2n) is 6.74. The van der Waals surface area contributed by atoms with Crippen molar-refractivity contribution in [1.29, 1.82) is 0 Å². The molecule has 0 spiro atoms. The lowest BCUT2D eigenvalue weighted by Crippen LogP contribution is -2.11. The van der Waals surface area contributed by atoms with E-state index in [9.17, 15) is 4.79 Å². The number of nitrogens with zero attached hydrogens (tertiary/aromatic N) is 4. The van der Waals surface area contributed by atoms with Crippen molar-refractivity contribution in [3.63, 3.8) is 0 Å². The lowest BCUT2D eigenvalue weighted by molar-refractivity contribution is 0.102. The number of rotatable bonds is 9. The van der Waals surface area contributed by atoms with Crippen LogP contribution in [-0.4, -0.2) is 25.7 Å². The Hall–Kier alpha value is -3.23. The van der Waals surface area contributed by atoms with E-state index in [1.54, 1.807) is 18.0 Å². The first-order valence-electron chi connectivity index (χ1n) is 9.72. The van der Waals surface area contributed by atoms with Gasteiger partial charge < -0.3 is 4.57 Å². The molecule has 2 aromatic heterocycles. The van der Waals surface area contributed by atoms with Gasteiger partial charge >= 0.3 is 0 Å². The number of hydrogen-bond acceptors (Lipinski definition) is 6. The molecular formula is C23H21N5OS2. The molecule has 0 fully saturated rings. The van der Waals surface area contributed by atoms with Crippen LogP contribution >= 0.6 is 23.1 Å². The topological polar surface area (TPSA) is 72.7 Å². The minimum Gasteiger partial charge on any atom is -0.302 e. The van der Waals surface area contributed by atoms with E-state index in [0.717, 1.165) is 28.7 Å². The molecule has 2 heterocycles. The number of hydrogen-bond donors (Lipinski definition) is 1. The highest BCUT2D eigenvalue weighted by Gasteiger charge is 2.13. The van der Waals surface area contributed by atoms with Crippen molar-refractivity contribution in [3.8, 4) is 0 Å². The van der Waals surface area contributed by atoms with Gasteiger partial charge in [0.1, 0.15) is 5.82 Å². The van der Waals surface area contributed by atoms with Crippen LogP contribution in [0.15, 0.2) is 84.0 Å². The monoisotopic (exact) mass is 447 g/mol. The molecule has 1 amide bonds. The van der Waals surface area contributed by atoms with Crippen LogP contribution in [0.25, 0.3) is 0 Å². The third-order valence-electron chi connectivity index (χ3n) is 4.55. The average Bonchev–Trinajstić information content (AvgIpc) is 3.44. The first-order valence-corrected chi connectivity index (χ1v) is 11.6. The third-order valence-corrected chi connectivity index (χ3v) is 6.27. The van der Waals surface area contributed by atoms with Gasteiger partial charge in [0, 0.05) is 35.9 Å². The SMILES string of the molecule is C=CCn1c(Cc2ccccc2)nnc1SCc1ccc(C(=O)Nc2nccs2)cc1. The van der Waals surface area contributed by atoms with Gasteiger partial charge in [0.05, 0.1) is 0 Å². The molecule has 4 rings (SSSR count). The number of amides is 1. The van der Waals surface area contributed by atoms with Gasteiger partial charge in [0.15, 0.2) is 10.3 Å². The number of thioether (sulfide) groups is 1. The van der Waals surface area contributed by atoms with Gasteiger partial charge in [0.2, 0.25) is 0 Å². The molecule has 0 saturated carbocycles. The van der Waals surface area contributed by atoms with Gasteiger partial charge in [-0.15, -0.1) is 28.1 Å². The molecule has 4 aromatic rings. The van der Waals surface area contributed by atoms with Crippen LogP contribution in [-0.2, 0) is 18.7 Å². The normalized spacial score (nSPS) is 10.7. The average molecular weight is 448 g/mol. The zero-order chi connectivity index (χ0) is 21.5. The standard InChI is InChI=1S/C23H21N5OS2/c1-2-13-28-20(15-17-6-4-3-5-7-17)26-27-23(28)31-16-18-8-10-19(11-9-18)21(29)25-22-24-12-14-30-22/h2-12,14H,1,13,15-16H2,(H,24,25,29). The molecule has 0 aliphatic heterocycles. The molecule has 0 saturated heterocycles. The smallest absolute Gasteiger partial charge is 0.257 e. The fraction of sp³-hybridized carbons (Fsp3) is 0.130. The second-order valence-corrected chi connectivity index (χ2v) is 8.57. The van der Waals surface area contributed by atoms with Gasteiger partial charge in [-0.05, 0) is 23.3 Å². The Bertz CT molecular complexity index is 1140. The van der Waals surface area contributed by atoms with Gasteiger partial charge in [-0.3, -0.25) is 10.1 Å². The van der Waals surface area contributed by atoms with Crippen molar-refractivity contribution in [2.24, 2.45) is 0 Å². The Balaban J connectivity index is 1.40. The van der Waals surface area contributed by atoms with Gasteiger partial charge in [-0.2, -0.15) is 0 Å². The zero-order valence-electron chi connectivity index (χ0n) is 16.8. The summed E-state index contributed by atoms with van der Waals surface area (Å²) in [5.74, 6) is 1.49. The molecule has 156 valence electrons. The summed E-state index contributed by atoms with van der Waals surface area (Å²) in [7, 11) is 0. The van der Waals surface area contributed by atoms with Crippen molar-refractivity contribution in [3.05, 3.63) is 101 Å². The summed E-state index contributed by atoms with van der Waals surface area (Å²) in [6.07, 6.45) is 4.25. The lowest BCUT2D eigenvalue weighted by atomic mass is 10.1. The Morgan fingerprint density at radius 3 is 2.61 bits per heavy atom. The maximum Gasteiger partial charge on any atom is 0.257 e. The minimum atomic E-state index is -0.162. The molecule has 0 aliphatic rings. The number of anilines is 1. The van der Waals surface area contributed by atoms with Gasteiger partial charge in [0.25, 0.3) is 5.91 Å². The van der Waals surface area contributed by atoms with Crippen LogP contribution in [0, 0.1) is 0 Å². The largest absolute Gasteiger partial charge is 0.302 e. The summed E-state index contributed by atoms with van der Waals surface area (Å²) < 4.78 is 2.10. The number of thiazole rings is 1. The highest BCUT2D eigenvalue weighted by atomic mass is 32.2. The van der Waals surface area contributed by atoms with Crippen LogP contribution in [0.2, 0.25) is 0 Å². The van der Waals surface area contributed by atoms with E-state index < -0.39 is 0 Å². The van der Waals surface area contributed by atoms with E-state index in [2.05, 4.69) is 43.8 Å². The third kappa shape index (κ3) is 5.48. The summed E-state index contributed by atoms with van der Waals surface area (Å²) in [5, 5.41) is 14.9. The fourth-order valence-corrected chi connectivity index (χ4v) is 4.45. The highest BCUT2D eigenvalue weighted by molar-refractivity contribution is 7.98. The minimum absolute atomic E-state index is 0.162. The van der Waals surface area contributed by atoms with E-state index >= 15 is 0 Å². The fourth-order valence-electron chi connectivity index (χ4n) is 3.00. The second kappa shape index (κ2) is 10.2. The molecule has 2 aromatic carbocycles. The number of carbonyl (C=O) groups excluding carboxylic acids is 1. The summed E-state index contributed by atoms with van der Waals surface area (Å²) in [6.45, 7) is 4.53. The molecule has 0 aliphatic carbocycles. The first kappa shape index (κ1) is 21.0. The molecule has 31 heavy (non-hydrogen) atoms. The van der Waals surface area contributed by atoms with Gasteiger partial charge in [-0.1, -0.05) is 60.3 Å². The molecule has 0 unspecified atom stereocenters. The first-order chi connectivity index (χ1) is 15.2. The molecule has 8 heteroatoms. The highest BCUT2D eigenvalue weighted by Crippen LogP contribution is 2.23. The maximum absolute atomic E-state index is 12.3. The quantitative estimate of drug-likeness (QED) is 0.287. The number of aromatic nitrogens is 4. The molecular weight excluding hydrogens is 426 g/mol. The van der Waals surface area contributed by atoms with Crippen LogP contribution < -0.4 is 5.32 Å². The predicted octanol–water partition coefficient (Wildman–Crippen LogP) is 5.06. The Kier molecular flexibility index (Phi) is 6.91. The molecule has 0 bridgehead atoms. The lowest BCUT2D eigenvalue weighted by Gasteiger charge is -2.08. The summed E-state index contributed by atoms with van der Waals surface area (Å²) in [5.41, 5.74) is 2.90. The van der Waals surface area contributed by atoms with E-state index in [-0.39, 0.29) is 5.91 Å². The zero-order valence-corrected chi connectivity index (χ0v) is 18.4. The van der Waals surface area contributed by atoms with Crippen molar-refractivity contribution in [1.82, 2.24) is 19.7 Å². The number of nitrogens with one attached hydrogen (secondary N) is 1. The van der Waals surface area contributed by atoms with Crippen LogP contribution in [0.5, 0.6) is 0 Å². The molecule has 1 N–H and O–H groups in total. The van der Waals surface area contributed by atoms with Crippen LogP contribution in [0.3, 0.4) is 0 Å². The Morgan fingerprint density at radius 2 is 1.90 bits per heavy atom. The molecule has 0 radical (unpaired) electrons. The maximum atomic E-state index is 12.3. The van der Waals surface area contributed by atoms with E-state index in [0.29, 0.717) is 17.2 Å².